The number of hydrogen-bond donors (Lipinski definition) is 1. The molecule has 0 aliphatic carbocycles. The maximum absolute atomic E-state index is 11.3. The van der Waals surface area contributed by atoms with E-state index in [0.717, 1.165) is 55.3 Å². The summed E-state index contributed by atoms with van der Waals surface area (Å²) in [5, 5.41) is 15.9. The first-order valence-electron chi connectivity index (χ1n) is 10.0. The zero-order chi connectivity index (χ0) is 19.0. The van der Waals surface area contributed by atoms with E-state index in [9.17, 15) is 5.11 Å². The first kappa shape index (κ1) is 18.0. The van der Waals surface area contributed by atoms with Crippen molar-refractivity contribution in [3.8, 4) is 11.5 Å². The van der Waals surface area contributed by atoms with Crippen LogP contribution in [0.2, 0.25) is 0 Å². The van der Waals surface area contributed by atoms with Gasteiger partial charge < -0.3 is 19.5 Å². The molecule has 5 heteroatoms. The molecule has 0 amide bonds. The van der Waals surface area contributed by atoms with Gasteiger partial charge in [0.1, 0.15) is 18.3 Å². The van der Waals surface area contributed by atoms with Gasteiger partial charge in [-0.2, -0.15) is 0 Å². The predicted octanol–water partition coefficient (Wildman–Crippen LogP) is 4.41. The molecular formula is C23H25NO3S. The second kappa shape index (κ2) is 7.39. The van der Waals surface area contributed by atoms with E-state index in [4.69, 9.17) is 9.47 Å². The molecule has 4 nitrogen and oxygen atoms in total. The molecule has 2 aliphatic heterocycles. The quantitative estimate of drug-likeness (QED) is 0.710. The molecule has 1 N–H and O–H groups in total. The fraction of sp³-hybridized carbons (Fsp3) is 0.391. The first-order chi connectivity index (χ1) is 13.7. The van der Waals surface area contributed by atoms with E-state index >= 15 is 0 Å². The fourth-order valence-corrected chi connectivity index (χ4v) is 5.45. The summed E-state index contributed by atoms with van der Waals surface area (Å²) in [7, 11) is 0. The van der Waals surface area contributed by atoms with Crippen molar-refractivity contribution in [3.05, 3.63) is 58.8 Å². The van der Waals surface area contributed by atoms with Crippen LogP contribution in [0.25, 0.3) is 10.8 Å². The van der Waals surface area contributed by atoms with E-state index in [1.54, 1.807) is 11.3 Å². The Hall–Kier alpha value is -2.08. The van der Waals surface area contributed by atoms with Crippen LogP contribution >= 0.6 is 11.3 Å². The van der Waals surface area contributed by atoms with Crippen LogP contribution in [-0.2, 0) is 5.60 Å². The highest BCUT2D eigenvalue weighted by Gasteiger charge is 2.36. The molecule has 2 aliphatic rings. The van der Waals surface area contributed by atoms with Crippen LogP contribution in [0, 0.1) is 0 Å². The number of hydrogen-bond acceptors (Lipinski definition) is 5. The molecule has 1 fully saturated rings. The maximum atomic E-state index is 11.3. The van der Waals surface area contributed by atoms with E-state index in [2.05, 4.69) is 34.5 Å². The van der Waals surface area contributed by atoms with Crippen LogP contribution in [0.5, 0.6) is 11.5 Å². The van der Waals surface area contributed by atoms with Crippen molar-refractivity contribution < 1.29 is 14.6 Å². The number of likely N-dealkylation sites (tertiary alicyclic amines) is 1. The summed E-state index contributed by atoms with van der Waals surface area (Å²) in [5.74, 6) is 1.68. The summed E-state index contributed by atoms with van der Waals surface area (Å²) in [6, 6.07) is 16.2. The minimum Gasteiger partial charge on any atom is -0.486 e. The van der Waals surface area contributed by atoms with Crippen molar-refractivity contribution in [2.75, 3.05) is 26.2 Å². The minimum absolute atomic E-state index is 0.0944. The lowest BCUT2D eigenvalue weighted by atomic mass is 9.88. The van der Waals surface area contributed by atoms with Crippen molar-refractivity contribution in [1.29, 1.82) is 0 Å². The van der Waals surface area contributed by atoms with Crippen molar-refractivity contribution >= 4 is 22.1 Å². The molecule has 1 aromatic heterocycles. The van der Waals surface area contributed by atoms with Gasteiger partial charge in [-0.15, -0.1) is 11.3 Å². The molecule has 1 unspecified atom stereocenters. The zero-order valence-electron chi connectivity index (χ0n) is 15.8. The number of benzene rings is 2. The van der Waals surface area contributed by atoms with Gasteiger partial charge in [0.2, 0.25) is 0 Å². The number of para-hydroxylation sites is 2. The Kier molecular flexibility index (Phi) is 4.75. The lowest BCUT2D eigenvalue weighted by Crippen LogP contribution is -2.44. The molecule has 146 valence electrons. The largest absolute Gasteiger partial charge is 0.486 e. The number of ether oxygens (including phenoxy) is 2. The van der Waals surface area contributed by atoms with Gasteiger partial charge in [-0.3, -0.25) is 0 Å². The Morgan fingerprint density at radius 2 is 1.79 bits per heavy atom. The number of thiophene rings is 1. The van der Waals surface area contributed by atoms with E-state index in [1.165, 1.54) is 10.8 Å². The molecular weight excluding hydrogens is 370 g/mol. The van der Waals surface area contributed by atoms with E-state index < -0.39 is 5.60 Å². The van der Waals surface area contributed by atoms with Gasteiger partial charge in [0, 0.05) is 30.9 Å². The normalized spacial score (nSPS) is 21.7. The summed E-state index contributed by atoms with van der Waals surface area (Å²) >= 11 is 1.69. The molecule has 0 radical (unpaired) electrons. The summed E-state index contributed by atoms with van der Waals surface area (Å²) in [6.07, 6.45) is 2.59. The smallest absolute Gasteiger partial charge is 0.161 e. The molecule has 1 atom stereocenters. The van der Waals surface area contributed by atoms with Gasteiger partial charge in [0.15, 0.2) is 11.5 Å². The van der Waals surface area contributed by atoms with Crippen molar-refractivity contribution in [3.63, 3.8) is 0 Å². The minimum atomic E-state index is -0.701. The van der Waals surface area contributed by atoms with Gasteiger partial charge in [-0.05, 0) is 41.1 Å². The van der Waals surface area contributed by atoms with Crippen molar-refractivity contribution in [1.82, 2.24) is 4.90 Å². The lowest BCUT2D eigenvalue weighted by molar-refractivity contribution is -0.0251. The topological polar surface area (TPSA) is 41.9 Å². The fourth-order valence-electron chi connectivity index (χ4n) is 4.26. The summed E-state index contributed by atoms with van der Waals surface area (Å²) in [5.41, 5.74) is -0.701. The zero-order valence-corrected chi connectivity index (χ0v) is 16.7. The Balaban J connectivity index is 1.18. The Bertz CT molecular complexity index is 961. The van der Waals surface area contributed by atoms with Gasteiger partial charge in [0.25, 0.3) is 0 Å². The van der Waals surface area contributed by atoms with Gasteiger partial charge >= 0.3 is 0 Å². The van der Waals surface area contributed by atoms with Crippen LogP contribution in [0.4, 0.5) is 0 Å². The number of aliphatic hydroxyl groups is 1. The Labute approximate surface area is 169 Å². The van der Waals surface area contributed by atoms with E-state index in [0.29, 0.717) is 6.61 Å². The maximum Gasteiger partial charge on any atom is 0.161 e. The van der Waals surface area contributed by atoms with Gasteiger partial charge in [-0.25, -0.2) is 0 Å². The van der Waals surface area contributed by atoms with Gasteiger partial charge in [0.05, 0.1) is 0 Å². The van der Waals surface area contributed by atoms with Crippen LogP contribution in [0.15, 0.2) is 53.9 Å². The van der Waals surface area contributed by atoms with Crippen molar-refractivity contribution in [2.45, 2.75) is 31.0 Å². The molecule has 28 heavy (non-hydrogen) atoms. The molecule has 0 bridgehead atoms. The predicted molar refractivity (Wildman–Crippen MR) is 112 cm³/mol. The van der Waals surface area contributed by atoms with E-state index in [1.807, 2.05) is 24.3 Å². The number of nitrogens with zero attached hydrogens (tertiary/aromatic N) is 1. The molecule has 3 aromatic rings. The third-order valence-electron chi connectivity index (χ3n) is 5.95. The molecule has 0 saturated carbocycles. The highest BCUT2D eigenvalue weighted by atomic mass is 32.1. The first-order valence-corrected chi connectivity index (χ1v) is 10.9. The molecule has 5 rings (SSSR count). The second-order valence-electron chi connectivity index (χ2n) is 7.81. The molecule has 0 spiro atoms. The third-order valence-corrected chi connectivity index (χ3v) is 7.16. The van der Waals surface area contributed by atoms with Crippen LogP contribution < -0.4 is 9.47 Å². The van der Waals surface area contributed by atoms with Crippen LogP contribution in [0.1, 0.15) is 24.1 Å². The van der Waals surface area contributed by atoms with Gasteiger partial charge in [-0.1, -0.05) is 36.4 Å². The number of piperidine rings is 1. The average molecular weight is 396 g/mol. The van der Waals surface area contributed by atoms with Crippen LogP contribution in [-0.4, -0.2) is 42.4 Å². The summed E-state index contributed by atoms with van der Waals surface area (Å²) in [6.45, 7) is 3.40. The Morgan fingerprint density at radius 3 is 2.64 bits per heavy atom. The second-order valence-corrected chi connectivity index (χ2v) is 8.69. The SMILES string of the molecule is OC1(c2scc3ccccc23)CCN(CCC2COc3ccccc3O2)CC1. The number of rotatable bonds is 4. The summed E-state index contributed by atoms with van der Waals surface area (Å²) in [4.78, 5) is 3.57. The molecule has 3 heterocycles. The molecule has 1 saturated heterocycles. The Morgan fingerprint density at radius 1 is 1.04 bits per heavy atom. The molecule has 2 aromatic carbocycles. The highest BCUT2D eigenvalue weighted by Crippen LogP contribution is 2.41. The highest BCUT2D eigenvalue weighted by molar-refractivity contribution is 7.11. The standard InChI is InChI=1S/C23H25NO3S/c25-23(22-19-6-2-1-5-17(19)16-28-22)10-13-24(14-11-23)12-9-18-15-26-20-7-3-4-8-21(20)27-18/h1-8,16,18,25H,9-15H2. The summed E-state index contributed by atoms with van der Waals surface area (Å²) < 4.78 is 11.9. The number of fused-ring (bicyclic) bond motifs is 2. The third kappa shape index (κ3) is 3.39. The van der Waals surface area contributed by atoms with Crippen LogP contribution in [0.3, 0.4) is 0 Å². The van der Waals surface area contributed by atoms with E-state index in [-0.39, 0.29) is 6.10 Å². The van der Waals surface area contributed by atoms with Crippen molar-refractivity contribution in [2.24, 2.45) is 0 Å². The monoisotopic (exact) mass is 395 g/mol. The average Bonchev–Trinajstić information content (AvgIpc) is 3.18. The lowest BCUT2D eigenvalue weighted by Gasteiger charge is -2.38.